The number of nitrogens with zero attached hydrogens (tertiary/aromatic N) is 3. The van der Waals surface area contributed by atoms with E-state index in [1.165, 1.54) is 23.9 Å². The number of methoxy groups -OCH3 is 1. The van der Waals surface area contributed by atoms with Crippen molar-refractivity contribution in [2.75, 3.05) is 13.7 Å². The van der Waals surface area contributed by atoms with Crippen molar-refractivity contribution in [2.24, 2.45) is 0 Å². The molecule has 0 unspecified atom stereocenters. The summed E-state index contributed by atoms with van der Waals surface area (Å²) >= 11 is 0. The average Bonchev–Trinajstić information content (AvgIpc) is 2.88. The van der Waals surface area contributed by atoms with Gasteiger partial charge in [-0.2, -0.15) is 0 Å². The molecule has 19 heavy (non-hydrogen) atoms. The molecule has 0 aliphatic heterocycles. The lowest BCUT2D eigenvalue weighted by Gasteiger charge is -2.00. The van der Waals surface area contributed by atoms with Gasteiger partial charge in [0.15, 0.2) is 0 Å². The van der Waals surface area contributed by atoms with Gasteiger partial charge in [0.05, 0.1) is 25.6 Å². The van der Waals surface area contributed by atoms with Gasteiger partial charge in [-0.3, -0.25) is 0 Å². The lowest BCUT2D eigenvalue weighted by atomic mass is 10.3. The number of hydrogen-bond donors (Lipinski definition) is 0. The quantitative estimate of drug-likeness (QED) is 0.757. The van der Waals surface area contributed by atoms with Crippen LogP contribution in [-0.2, 0) is 20.9 Å². The third-order valence-electron chi connectivity index (χ3n) is 2.33. The number of hydrogen-bond acceptors (Lipinski definition) is 5. The van der Waals surface area contributed by atoms with Gasteiger partial charge < -0.3 is 9.47 Å². The fraction of sp³-hybridized carbons (Fsp3) is 0.250. The standard InChI is InChI=1S/C12H12FN3O3/c1-18-12(17)8-19-7-10-6-16(15-14-10)11-4-2-9(13)3-5-11/h2-6H,7-8H2,1H3. The van der Waals surface area contributed by atoms with E-state index in [4.69, 9.17) is 4.74 Å². The van der Waals surface area contributed by atoms with Gasteiger partial charge in [-0.05, 0) is 24.3 Å². The van der Waals surface area contributed by atoms with Gasteiger partial charge in [-0.1, -0.05) is 5.21 Å². The van der Waals surface area contributed by atoms with E-state index in [1.807, 2.05) is 0 Å². The van der Waals surface area contributed by atoms with Crippen molar-refractivity contribution in [1.82, 2.24) is 15.0 Å². The molecule has 0 spiro atoms. The van der Waals surface area contributed by atoms with Crippen LogP contribution in [0.5, 0.6) is 0 Å². The molecule has 2 aromatic rings. The first kappa shape index (κ1) is 13.2. The molecular formula is C12H12FN3O3. The molecule has 0 saturated heterocycles. The van der Waals surface area contributed by atoms with Crippen LogP contribution in [0.4, 0.5) is 4.39 Å². The minimum atomic E-state index is -0.453. The summed E-state index contributed by atoms with van der Waals surface area (Å²) in [5.41, 5.74) is 1.25. The Hall–Kier alpha value is -2.28. The van der Waals surface area contributed by atoms with Gasteiger partial charge in [0, 0.05) is 0 Å². The number of benzene rings is 1. The van der Waals surface area contributed by atoms with Crippen LogP contribution >= 0.6 is 0 Å². The first-order chi connectivity index (χ1) is 9.19. The zero-order valence-corrected chi connectivity index (χ0v) is 10.2. The molecule has 0 aliphatic rings. The van der Waals surface area contributed by atoms with E-state index in [0.717, 1.165) is 0 Å². The minimum absolute atomic E-state index is 0.139. The van der Waals surface area contributed by atoms with Crippen molar-refractivity contribution >= 4 is 5.97 Å². The molecule has 0 N–H and O–H groups in total. The van der Waals surface area contributed by atoms with Crippen molar-refractivity contribution in [3.8, 4) is 5.69 Å². The molecule has 0 amide bonds. The van der Waals surface area contributed by atoms with Crippen molar-refractivity contribution in [3.05, 3.63) is 42.0 Å². The molecule has 0 bridgehead atoms. The maximum absolute atomic E-state index is 12.8. The molecule has 6 nitrogen and oxygen atoms in total. The number of halogens is 1. The lowest BCUT2D eigenvalue weighted by molar-refractivity contribution is -0.146. The highest BCUT2D eigenvalue weighted by Gasteiger charge is 2.05. The molecule has 1 aromatic carbocycles. The Kier molecular flexibility index (Phi) is 4.19. The van der Waals surface area contributed by atoms with Crippen LogP contribution in [0.3, 0.4) is 0 Å². The second kappa shape index (κ2) is 6.05. The third kappa shape index (κ3) is 3.59. The molecule has 2 rings (SSSR count). The van der Waals surface area contributed by atoms with Crippen LogP contribution in [0.1, 0.15) is 5.69 Å². The molecule has 1 aromatic heterocycles. The molecule has 0 radical (unpaired) electrons. The summed E-state index contributed by atoms with van der Waals surface area (Å²) in [6, 6.07) is 5.85. The second-order valence-electron chi connectivity index (χ2n) is 3.70. The van der Waals surface area contributed by atoms with E-state index >= 15 is 0 Å². The molecule has 1 heterocycles. The lowest BCUT2D eigenvalue weighted by Crippen LogP contribution is -2.10. The largest absolute Gasteiger partial charge is 0.467 e. The number of ether oxygens (including phenoxy) is 2. The van der Waals surface area contributed by atoms with Crippen LogP contribution in [0.15, 0.2) is 30.5 Å². The molecular weight excluding hydrogens is 253 g/mol. The Balaban J connectivity index is 1.95. The Labute approximate surface area is 108 Å². The summed E-state index contributed by atoms with van der Waals surface area (Å²) in [4.78, 5) is 10.8. The number of esters is 1. The predicted octanol–water partition coefficient (Wildman–Crippen LogP) is 1.10. The van der Waals surface area contributed by atoms with E-state index in [-0.39, 0.29) is 19.0 Å². The summed E-state index contributed by atoms with van der Waals surface area (Å²) in [6.45, 7) is 0.0101. The highest BCUT2D eigenvalue weighted by molar-refractivity contribution is 5.70. The summed E-state index contributed by atoms with van der Waals surface area (Å²) in [7, 11) is 1.29. The van der Waals surface area contributed by atoms with Gasteiger partial charge in [0.1, 0.15) is 18.1 Å². The summed E-state index contributed by atoms with van der Waals surface area (Å²) in [5.74, 6) is -0.767. The Morgan fingerprint density at radius 2 is 2.11 bits per heavy atom. The maximum Gasteiger partial charge on any atom is 0.331 e. The van der Waals surface area contributed by atoms with E-state index in [0.29, 0.717) is 11.4 Å². The first-order valence-corrected chi connectivity index (χ1v) is 5.51. The van der Waals surface area contributed by atoms with Crippen molar-refractivity contribution < 1.29 is 18.7 Å². The van der Waals surface area contributed by atoms with Crippen LogP contribution in [0.2, 0.25) is 0 Å². The first-order valence-electron chi connectivity index (χ1n) is 5.51. The highest BCUT2D eigenvalue weighted by Crippen LogP contribution is 2.08. The summed E-state index contributed by atoms with van der Waals surface area (Å²) in [5, 5.41) is 7.76. The second-order valence-corrected chi connectivity index (χ2v) is 3.70. The van der Waals surface area contributed by atoms with E-state index in [2.05, 4.69) is 15.0 Å². The molecule has 100 valence electrons. The Bertz CT molecular complexity index is 554. The van der Waals surface area contributed by atoms with E-state index in [1.54, 1.807) is 18.3 Å². The average molecular weight is 265 g/mol. The normalized spacial score (nSPS) is 10.4. The number of carbonyl (C=O) groups excluding carboxylic acids is 1. The highest BCUT2D eigenvalue weighted by atomic mass is 19.1. The van der Waals surface area contributed by atoms with Gasteiger partial charge in [0.25, 0.3) is 0 Å². The molecule has 7 heteroatoms. The van der Waals surface area contributed by atoms with Gasteiger partial charge in [0.2, 0.25) is 0 Å². The molecule has 0 atom stereocenters. The summed E-state index contributed by atoms with van der Waals surface area (Å²) in [6.07, 6.45) is 1.64. The molecule has 0 aliphatic carbocycles. The fourth-order valence-corrected chi connectivity index (χ4v) is 1.38. The van der Waals surface area contributed by atoms with Gasteiger partial charge >= 0.3 is 5.97 Å². The topological polar surface area (TPSA) is 66.2 Å². The minimum Gasteiger partial charge on any atom is -0.467 e. The van der Waals surface area contributed by atoms with Crippen LogP contribution in [-0.4, -0.2) is 34.7 Å². The van der Waals surface area contributed by atoms with E-state index < -0.39 is 5.97 Å². The number of rotatable bonds is 5. The maximum atomic E-state index is 12.8. The van der Waals surface area contributed by atoms with Crippen LogP contribution in [0, 0.1) is 5.82 Å². The van der Waals surface area contributed by atoms with Gasteiger partial charge in [-0.25, -0.2) is 13.9 Å². The number of carbonyl (C=O) groups is 1. The van der Waals surface area contributed by atoms with Crippen LogP contribution < -0.4 is 0 Å². The smallest absolute Gasteiger partial charge is 0.331 e. The third-order valence-corrected chi connectivity index (χ3v) is 2.33. The fourth-order valence-electron chi connectivity index (χ4n) is 1.38. The monoisotopic (exact) mass is 265 g/mol. The molecule has 0 saturated carbocycles. The van der Waals surface area contributed by atoms with Crippen molar-refractivity contribution in [1.29, 1.82) is 0 Å². The van der Waals surface area contributed by atoms with Crippen molar-refractivity contribution in [3.63, 3.8) is 0 Å². The molecule has 0 fully saturated rings. The zero-order valence-electron chi connectivity index (χ0n) is 10.2. The van der Waals surface area contributed by atoms with E-state index in [9.17, 15) is 9.18 Å². The zero-order chi connectivity index (χ0) is 13.7. The SMILES string of the molecule is COC(=O)COCc1cn(-c2ccc(F)cc2)nn1. The Morgan fingerprint density at radius 3 is 2.79 bits per heavy atom. The van der Waals surface area contributed by atoms with Gasteiger partial charge in [-0.15, -0.1) is 5.10 Å². The Morgan fingerprint density at radius 1 is 1.37 bits per heavy atom. The van der Waals surface area contributed by atoms with Crippen molar-refractivity contribution in [2.45, 2.75) is 6.61 Å². The predicted molar refractivity (Wildman–Crippen MR) is 63.0 cm³/mol. The van der Waals surface area contributed by atoms with Crippen LogP contribution in [0.25, 0.3) is 5.69 Å². The summed E-state index contributed by atoms with van der Waals surface area (Å²) < 4.78 is 23.8. The number of aromatic nitrogens is 3.